The first-order chi connectivity index (χ1) is 11.7. The normalized spacial score (nSPS) is 16.7. The molecule has 1 aromatic heterocycles. The van der Waals surface area contributed by atoms with Crippen molar-refractivity contribution in [2.75, 3.05) is 4.90 Å². The topological polar surface area (TPSA) is 53.4 Å². The Hall–Kier alpha value is -2.66. The summed E-state index contributed by atoms with van der Waals surface area (Å²) in [5, 5.41) is 12.4. The van der Waals surface area contributed by atoms with E-state index in [1.807, 2.05) is 58.8 Å². The van der Waals surface area contributed by atoms with E-state index in [0.717, 1.165) is 22.0 Å². The van der Waals surface area contributed by atoms with Crippen LogP contribution in [0.25, 0.3) is 11.3 Å². The Morgan fingerprint density at radius 3 is 2.54 bits per heavy atom. The smallest absolute Gasteiger partial charge is 0.326 e. The van der Waals surface area contributed by atoms with Gasteiger partial charge in [0.15, 0.2) is 5.13 Å². The largest absolute Gasteiger partial charge is 0.480 e. The van der Waals surface area contributed by atoms with Crippen molar-refractivity contribution in [3.8, 4) is 11.3 Å². The Morgan fingerprint density at radius 1 is 1.08 bits per heavy atom. The lowest BCUT2D eigenvalue weighted by Gasteiger charge is -2.34. The molecule has 3 aromatic rings. The summed E-state index contributed by atoms with van der Waals surface area (Å²) in [6.07, 6.45) is 0.506. The number of rotatable bonds is 3. The van der Waals surface area contributed by atoms with Crippen LogP contribution in [0.15, 0.2) is 60.0 Å². The summed E-state index contributed by atoms with van der Waals surface area (Å²) in [5.41, 5.74) is 4.22. The second kappa shape index (κ2) is 6.09. The average Bonchev–Trinajstić information content (AvgIpc) is 3.11. The minimum absolute atomic E-state index is 0.506. The minimum Gasteiger partial charge on any atom is -0.480 e. The molecule has 1 atom stereocenters. The van der Waals surface area contributed by atoms with Crippen LogP contribution in [0.2, 0.25) is 0 Å². The van der Waals surface area contributed by atoms with Crippen molar-refractivity contribution in [2.24, 2.45) is 0 Å². The third-order valence-corrected chi connectivity index (χ3v) is 5.22. The number of aliphatic carboxylic acids is 1. The number of aromatic nitrogens is 1. The first-order valence-corrected chi connectivity index (χ1v) is 8.67. The van der Waals surface area contributed by atoms with Crippen molar-refractivity contribution in [1.82, 2.24) is 4.98 Å². The van der Waals surface area contributed by atoms with Crippen LogP contribution < -0.4 is 4.90 Å². The van der Waals surface area contributed by atoms with Gasteiger partial charge in [-0.15, -0.1) is 11.3 Å². The molecule has 1 aliphatic heterocycles. The Labute approximate surface area is 144 Å². The van der Waals surface area contributed by atoms with Gasteiger partial charge in [-0.2, -0.15) is 0 Å². The standard InChI is InChI=1S/C19H16N2O2S/c22-18(23)17-10-14-8-4-5-9-15(14)11-21(17)19-20-16(12-24-19)13-6-2-1-3-7-13/h1-9,12,17H,10-11H2,(H,22,23). The van der Waals surface area contributed by atoms with Gasteiger partial charge in [0, 0.05) is 23.9 Å². The van der Waals surface area contributed by atoms with Gasteiger partial charge in [0.25, 0.3) is 0 Å². The first kappa shape index (κ1) is 14.9. The lowest BCUT2D eigenvalue weighted by molar-refractivity contribution is -0.138. The van der Waals surface area contributed by atoms with Crippen molar-refractivity contribution in [3.63, 3.8) is 0 Å². The molecule has 0 aliphatic carbocycles. The third-order valence-electron chi connectivity index (χ3n) is 4.34. The van der Waals surface area contributed by atoms with E-state index in [1.54, 1.807) is 0 Å². The highest BCUT2D eigenvalue weighted by atomic mass is 32.1. The highest BCUT2D eigenvalue weighted by Crippen LogP contribution is 2.33. The predicted octanol–water partition coefficient (Wildman–Crippen LogP) is 3.83. The highest BCUT2D eigenvalue weighted by molar-refractivity contribution is 7.14. The molecular weight excluding hydrogens is 320 g/mol. The average molecular weight is 336 g/mol. The van der Waals surface area contributed by atoms with Gasteiger partial charge in [-0.25, -0.2) is 9.78 Å². The van der Waals surface area contributed by atoms with Crippen LogP contribution in [0, 0.1) is 0 Å². The maximum Gasteiger partial charge on any atom is 0.326 e. The molecule has 1 unspecified atom stereocenters. The molecular formula is C19H16N2O2S. The van der Waals surface area contributed by atoms with Crippen LogP contribution in [0.4, 0.5) is 5.13 Å². The van der Waals surface area contributed by atoms with E-state index in [2.05, 4.69) is 6.07 Å². The number of fused-ring (bicyclic) bond motifs is 1. The van der Waals surface area contributed by atoms with Gasteiger partial charge in [0.1, 0.15) is 6.04 Å². The van der Waals surface area contributed by atoms with Gasteiger partial charge in [0.2, 0.25) is 0 Å². The maximum atomic E-state index is 11.8. The van der Waals surface area contributed by atoms with Crippen molar-refractivity contribution in [3.05, 3.63) is 71.1 Å². The van der Waals surface area contributed by atoms with E-state index in [-0.39, 0.29) is 0 Å². The number of thiazole rings is 1. The predicted molar refractivity (Wildman–Crippen MR) is 95.3 cm³/mol. The van der Waals surface area contributed by atoms with E-state index >= 15 is 0 Å². The Bertz CT molecular complexity index is 876. The van der Waals surface area contributed by atoms with Crippen LogP contribution in [-0.2, 0) is 17.8 Å². The summed E-state index contributed by atoms with van der Waals surface area (Å²) in [6, 6.07) is 17.4. The molecule has 2 aromatic carbocycles. The maximum absolute atomic E-state index is 11.8. The van der Waals surface area contributed by atoms with Crippen LogP contribution in [-0.4, -0.2) is 22.1 Å². The zero-order valence-corrected chi connectivity index (χ0v) is 13.7. The van der Waals surface area contributed by atoms with E-state index < -0.39 is 12.0 Å². The fourth-order valence-corrected chi connectivity index (χ4v) is 3.97. The van der Waals surface area contributed by atoms with Crippen LogP contribution in [0.3, 0.4) is 0 Å². The van der Waals surface area contributed by atoms with Crippen molar-refractivity contribution < 1.29 is 9.90 Å². The molecule has 4 rings (SSSR count). The monoisotopic (exact) mass is 336 g/mol. The number of hydrogen-bond acceptors (Lipinski definition) is 4. The van der Waals surface area contributed by atoms with Crippen molar-refractivity contribution >= 4 is 22.4 Å². The number of benzene rings is 2. The quantitative estimate of drug-likeness (QED) is 0.790. The van der Waals surface area contributed by atoms with Gasteiger partial charge in [-0.05, 0) is 11.1 Å². The number of carboxylic acids is 1. The Balaban J connectivity index is 1.70. The zero-order valence-electron chi connectivity index (χ0n) is 12.9. The molecule has 24 heavy (non-hydrogen) atoms. The SMILES string of the molecule is O=C(O)C1Cc2ccccc2CN1c1nc(-c2ccccc2)cs1. The lowest BCUT2D eigenvalue weighted by atomic mass is 9.94. The molecule has 0 bridgehead atoms. The lowest BCUT2D eigenvalue weighted by Crippen LogP contribution is -2.45. The minimum atomic E-state index is -0.805. The third kappa shape index (κ3) is 2.67. The van der Waals surface area contributed by atoms with Crippen LogP contribution in [0.1, 0.15) is 11.1 Å². The van der Waals surface area contributed by atoms with Gasteiger partial charge in [-0.3, -0.25) is 0 Å². The van der Waals surface area contributed by atoms with E-state index in [1.165, 1.54) is 16.9 Å². The summed E-state index contributed by atoms with van der Waals surface area (Å²) >= 11 is 1.50. The van der Waals surface area contributed by atoms with Crippen LogP contribution in [0.5, 0.6) is 0 Å². The van der Waals surface area contributed by atoms with E-state index in [4.69, 9.17) is 4.98 Å². The summed E-state index contributed by atoms with van der Waals surface area (Å²) in [4.78, 5) is 18.4. The van der Waals surface area contributed by atoms with Gasteiger partial charge < -0.3 is 10.0 Å². The van der Waals surface area contributed by atoms with Crippen molar-refractivity contribution in [2.45, 2.75) is 19.0 Å². The fraction of sp³-hybridized carbons (Fsp3) is 0.158. The number of carbonyl (C=O) groups is 1. The van der Waals surface area contributed by atoms with Crippen molar-refractivity contribution in [1.29, 1.82) is 0 Å². The van der Waals surface area contributed by atoms with Gasteiger partial charge >= 0.3 is 5.97 Å². The Morgan fingerprint density at radius 2 is 1.79 bits per heavy atom. The number of hydrogen-bond donors (Lipinski definition) is 1. The summed E-state index contributed by atoms with van der Waals surface area (Å²) < 4.78 is 0. The fourth-order valence-electron chi connectivity index (χ4n) is 3.08. The van der Waals surface area contributed by atoms with E-state index in [0.29, 0.717) is 13.0 Å². The molecule has 0 fully saturated rings. The summed E-state index contributed by atoms with van der Waals surface area (Å²) in [5.74, 6) is -0.805. The van der Waals surface area contributed by atoms with Gasteiger partial charge in [-0.1, -0.05) is 54.6 Å². The molecule has 5 heteroatoms. The molecule has 4 nitrogen and oxygen atoms in total. The second-order valence-corrected chi connectivity index (χ2v) is 6.67. The Kier molecular flexibility index (Phi) is 3.78. The number of carboxylic acid groups (broad SMARTS) is 1. The molecule has 0 radical (unpaired) electrons. The molecule has 0 saturated heterocycles. The molecule has 0 spiro atoms. The molecule has 120 valence electrons. The first-order valence-electron chi connectivity index (χ1n) is 7.79. The second-order valence-electron chi connectivity index (χ2n) is 5.84. The summed E-state index contributed by atoms with van der Waals surface area (Å²) in [7, 11) is 0. The molecule has 2 heterocycles. The van der Waals surface area contributed by atoms with Gasteiger partial charge in [0.05, 0.1) is 5.69 Å². The summed E-state index contributed by atoms with van der Waals surface area (Å²) in [6.45, 7) is 0.578. The molecule has 1 N–H and O–H groups in total. The zero-order chi connectivity index (χ0) is 16.5. The number of anilines is 1. The van der Waals surface area contributed by atoms with E-state index in [9.17, 15) is 9.90 Å². The number of nitrogens with zero attached hydrogens (tertiary/aromatic N) is 2. The molecule has 1 aliphatic rings. The molecule has 0 saturated carbocycles. The highest BCUT2D eigenvalue weighted by Gasteiger charge is 2.33. The molecule has 0 amide bonds. The van der Waals surface area contributed by atoms with Crippen LogP contribution >= 0.6 is 11.3 Å².